The number of thioether (sulfide) groups is 1. The van der Waals surface area contributed by atoms with E-state index in [1.165, 1.54) is 35.1 Å². The van der Waals surface area contributed by atoms with E-state index in [1.807, 2.05) is 30.3 Å². The number of furan rings is 1. The van der Waals surface area contributed by atoms with Gasteiger partial charge in [0.1, 0.15) is 10.1 Å². The number of alkyl halides is 3. The molecule has 1 saturated heterocycles. The van der Waals surface area contributed by atoms with Crippen LogP contribution in [0.15, 0.2) is 76.2 Å². The van der Waals surface area contributed by atoms with Crippen molar-refractivity contribution in [2.24, 2.45) is 0 Å². The van der Waals surface area contributed by atoms with Gasteiger partial charge in [-0.05, 0) is 29.3 Å². The molecule has 0 unspecified atom stereocenters. The lowest BCUT2D eigenvalue weighted by Gasteiger charge is -2.14. The molecule has 0 saturated carbocycles. The third-order valence-electron chi connectivity index (χ3n) is 4.50. The minimum absolute atomic E-state index is 0.207. The number of carbonyl (C=O) groups is 1. The van der Waals surface area contributed by atoms with Crippen LogP contribution in [-0.4, -0.2) is 15.1 Å². The first-order valence-corrected chi connectivity index (χ1v) is 10.1. The van der Waals surface area contributed by atoms with Crippen molar-refractivity contribution in [3.8, 4) is 11.1 Å². The Labute approximate surface area is 180 Å². The van der Waals surface area contributed by atoms with E-state index in [2.05, 4.69) is 0 Å². The Morgan fingerprint density at radius 1 is 1.03 bits per heavy atom. The smallest absolute Gasteiger partial charge is 0.416 e. The quantitative estimate of drug-likeness (QED) is 0.345. The topological polar surface area (TPSA) is 33.5 Å². The Bertz CT molecular complexity index is 1120. The van der Waals surface area contributed by atoms with Gasteiger partial charge in [0.25, 0.3) is 5.91 Å². The van der Waals surface area contributed by atoms with E-state index < -0.39 is 11.7 Å². The van der Waals surface area contributed by atoms with E-state index in [0.29, 0.717) is 32.7 Å². The van der Waals surface area contributed by atoms with E-state index in [0.717, 1.165) is 17.7 Å². The zero-order chi connectivity index (χ0) is 21.3. The number of rotatable bonds is 4. The van der Waals surface area contributed by atoms with Gasteiger partial charge in [0, 0.05) is 11.6 Å². The Kier molecular flexibility index (Phi) is 5.53. The van der Waals surface area contributed by atoms with Gasteiger partial charge in [-0.15, -0.1) is 0 Å². The highest BCUT2D eigenvalue weighted by Gasteiger charge is 2.32. The zero-order valence-corrected chi connectivity index (χ0v) is 17.0. The highest BCUT2D eigenvalue weighted by atomic mass is 32.2. The third-order valence-corrected chi connectivity index (χ3v) is 5.87. The summed E-state index contributed by atoms with van der Waals surface area (Å²) in [5.74, 6) is 0.214. The second kappa shape index (κ2) is 8.12. The molecule has 0 N–H and O–H groups in total. The number of thiocarbonyl (C=S) groups is 1. The summed E-state index contributed by atoms with van der Waals surface area (Å²) < 4.78 is 44.1. The number of nitrogens with zero attached hydrogens (tertiary/aromatic N) is 1. The highest BCUT2D eigenvalue weighted by Crippen LogP contribution is 2.35. The van der Waals surface area contributed by atoms with Crippen LogP contribution in [0, 0.1) is 0 Å². The van der Waals surface area contributed by atoms with Crippen LogP contribution in [0.25, 0.3) is 17.2 Å². The molecule has 0 atom stereocenters. The summed E-state index contributed by atoms with van der Waals surface area (Å²) in [5.41, 5.74) is 1.47. The summed E-state index contributed by atoms with van der Waals surface area (Å²) in [7, 11) is 0. The highest BCUT2D eigenvalue weighted by molar-refractivity contribution is 8.26. The Morgan fingerprint density at radius 3 is 2.40 bits per heavy atom. The molecule has 0 aliphatic carbocycles. The van der Waals surface area contributed by atoms with Crippen molar-refractivity contribution >= 4 is 40.3 Å². The molecule has 0 bridgehead atoms. The minimum Gasteiger partial charge on any atom is -0.464 e. The van der Waals surface area contributed by atoms with E-state index in [-0.39, 0.29) is 5.91 Å². The van der Waals surface area contributed by atoms with Crippen LogP contribution in [0.1, 0.15) is 16.9 Å². The van der Waals surface area contributed by atoms with Crippen molar-refractivity contribution in [3.63, 3.8) is 0 Å². The summed E-state index contributed by atoms with van der Waals surface area (Å²) in [6, 6.07) is 16.0. The molecule has 30 heavy (non-hydrogen) atoms. The Morgan fingerprint density at radius 2 is 1.73 bits per heavy atom. The van der Waals surface area contributed by atoms with Gasteiger partial charge < -0.3 is 4.42 Å². The minimum atomic E-state index is -4.38. The van der Waals surface area contributed by atoms with Crippen molar-refractivity contribution in [3.05, 3.63) is 88.7 Å². The van der Waals surface area contributed by atoms with Crippen LogP contribution >= 0.6 is 24.0 Å². The van der Waals surface area contributed by atoms with E-state index >= 15 is 0 Å². The maximum atomic E-state index is 12.7. The largest absolute Gasteiger partial charge is 0.464 e. The van der Waals surface area contributed by atoms with Gasteiger partial charge >= 0.3 is 6.18 Å². The zero-order valence-electron chi connectivity index (χ0n) is 15.3. The third kappa shape index (κ3) is 4.34. The summed E-state index contributed by atoms with van der Waals surface area (Å²) in [6.45, 7) is 0.387. The second-order valence-electron chi connectivity index (χ2n) is 6.57. The fourth-order valence-corrected chi connectivity index (χ4v) is 4.20. The number of amides is 1. The van der Waals surface area contributed by atoms with Crippen LogP contribution in [0.2, 0.25) is 0 Å². The predicted octanol–water partition coefficient (Wildman–Crippen LogP) is 6.37. The fraction of sp³-hybridized carbons (Fsp3) is 0.0909. The maximum Gasteiger partial charge on any atom is 0.416 e. The van der Waals surface area contributed by atoms with Crippen LogP contribution in [0.5, 0.6) is 0 Å². The van der Waals surface area contributed by atoms with E-state index in [9.17, 15) is 18.0 Å². The molecule has 1 aliphatic heterocycles. The molecule has 3 aromatic rings. The number of halogens is 3. The van der Waals surface area contributed by atoms with Crippen LogP contribution in [-0.2, 0) is 17.5 Å². The summed E-state index contributed by atoms with van der Waals surface area (Å²) >= 11 is 6.53. The van der Waals surface area contributed by atoms with Crippen LogP contribution < -0.4 is 0 Å². The molecular formula is C22H14F3NO2S2. The number of hydrogen-bond donors (Lipinski definition) is 0. The molecule has 8 heteroatoms. The summed E-state index contributed by atoms with van der Waals surface area (Å²) in [6.07, 6.45) is -1.34. The molecule has 1 fully saturated rings. The first-order chi connectivity index (χ1) is 14.3. The lowest BCUT2D eigenvalue weighted by Crippen LogP contribution is -2.27. The van der Waals surface area contributed by atoms with Gasteiger partial charge in [0.2, 0.25) is 0 Å². The molecule has 1 aliphatic rings. The number of hydrogen-bond acceptors (Lipinski definition) is 4. The number of benzene rings is 2. The van der Waals surface area contributed by atoms with Gasteiger partial charge in [-0.1, -0.05) is 66.4 Å². The Hall–Kier alpha value is -2.84. The SMILES string of the molecule is O=C1C(=Cc2cc(-c3ccc(C(F)(F)F)cc3)co2)SC(=S)N1Cc1ccccc1. The number of carbonyl (C=O) groups excluding carboxylic acids is 1. The van der Waals surface area contributed by atoms with Gasteiger partial charge in [-0.2, -0.15) is 13.2 Å². The van der Waals surface area contributed by atoms with Crippen molar-refractivity contribution in [2.45, 2.75) is 12.7 Å². The maximum absolute atomic E-state index is 12.7. The summed E-state index contributed by atoms with van der Waals surface area (Å²) in [5, 5.41) is 0. The van der Waals surface area contributed by atoms with Crippen molar-refractivity contribution in [1.82, 2.24) is 4.90 Å². The van der Waals surface area contributed by atoms with Crippen LogP contribution in [0.3, 0.4) is 0 Å². The molecule has 0 radical (unpaired) electrons. The normalized spacial score (nSPS) is 16.0. The monoisotopic (exact) mass is 445 g/mol. The molecule has 2 aromatic carbocycles. The van der Waals surface area contributed by atoms with E-state index in [4.69, 9.17) is 16.6 Å². The average molecular weight is 445 g/mol. The molecular weight excluding hydrogens is 431 g/mol. The second-order valence-corrected chi connectivity index (χ2v) is 8.24. The standard InChI is InChI=1S/C22H14F3NO2S2/c23-22(24,25)17-8-6-15(7-9-17)16-10-18(28-13-16)11-19-20(27)26(21(29)30-19)12-14-4-2-1-3-5-14/h1-11,13H,12H2. The van der Waals surface area contributed by atoms with Crippen molar-refractivity contribution in [1.29, 1.82) is 0 Å². The first-order valence-electron chi connectivity index (χ1n) is 8.87. The molecule has 1 aromatic heterocycles. The van der Waals surface area contributed by atoms with Crippen molar-refractivity contribution in [2.75, 3.05) is 0 Å². The molecule has 1 amide bonds. The van der Waals surface area contributed by atoms with Gasteiger partial charge in [-0.3, -0.25) is 9.69 Å². The average Bonchev–Trinajstić information content (AvgIpc) is 3.29. The van der Waals surface area contributed by atoms with Crippen molar-refractivity contribution < 1.29 is 22.4 Å². The van der Waals surface area contributed by atoms with Gasteiger partial charge in [0.15, 0.2) is 0 Å². The van der Waals surface area contributed by atoms with Crippen LogP contribution in [0.4, 0.5) is 13.2 Å². The first kappa shape index (κ1) is 20.4. The molecule has 152 valence electrons. The summed E-state index contributed by atoms with van der Waals surface area (Å²) in [4.78, 5) is 14.7. The lowest BCUT2D eigenvalue weighted by molar-refractivity contribution is -0.137. The van der Waals surface area contributed by atoms with Gasteiger partial charge in [0.05, 0.1) is 23.3 Å². The molecule has 2 heterocycles. The molecule has 0 spiro atoms. The van der Waals surface area contributed by atoms with E-state index in [1.54, 1.807) is 12.1 Å². The molecule has 3 nitrogen and oxygen atoms in total. The fourth-order valence-electron chi connectivity index (χ4n) is 2.96. The molecule has 4 rings (SSSR count). The predicted molar refractivity (Wildman–Crippen MR) is 114 cm³/mol. The van der Waals surface area contributed by atoms with Gasteiger partial charge in [-0.25, -0.2) is 0 Å². The Balaban J connectivity index is 1.51. The lowest BCUT2D eigenvalue weighted by atomic mass is 10.1.